The van der Waals surface area contributed by atoms with E-state index >= 15 is 0 Å². The SMILES string of the molecule is C=C(C)C(=O)OC1CCC2OC2C1. The molecule has 0 aromatic rings. The fraction of sp³-hybridized carbons (Fsp3) is 0.700. The first kappa shape index (κ1) is 8.75. The molecule has 72 valence electrons. The highest BCUT2D eigenvalue weighted by molar-refractivity contribution is 5.87. The normalized spacial score (nSPS) is 36.2. The summed E-state index contributed by atoms with van der Waals surface area (Å²) in [6.45, 7) is 5.21. The average molecular weight is 182 g/mol. The van der Waals surface area contributed by atoms with E-state index in [1.54, 1.807) is 6.92 Å². The topological polar surface area (TPSA) is 38.8 Å². The molecule has 3 atom stereocenters. The van der Waals surface area contributed by atoms with Crippen molar-refractivity contribution in [1.82, 2.24) is 0 Å². The van der Waals surface area contributed by atoms with Gasteiger partial charge >= 0.3 is 5.97 Å². The van der Waals surface area contributed by atoms with Crippen molar-refractivity contribution < 1.29 is 14.3 Å². The summed E-state index contributed by atoms with van der Waals surface area (Å²) in [5.41, 5.74) is 0.471. The van der Waals surface area contributed by atoms with Crippen LogP contribution in [0.3, 0.4) is 0 Å². The fourth-order valence-corrected chi connectivity index (χ4v) is 1.73. The van der Waals surface area contributed by atoms with Crippen LogP contribution >= 0.6 is 0 Å². The predicted octanol–water partition coefficient (Wildman–Crippen LogP) is 1.43. The predicted molar refractivity (Wildman–Crippen MR) is 47.2 cm³/mol. The summed E-state index contributed by atoms with van der Waals surface area (Å²) in [5.74, 6) is -0.274. The van der Waals surface area contributed by atoms with E-state index in [1.165, 1.54) is 0 Å². The largest absolute Gasteiger partial charge is 0.459 e. The van der Waals surface area contributed by atoms with Crippen LogP contribution in [0.1, 0.15) is 26.2 Å². The smallest absolute Gasteiger partial charge is 0.333 e. The van der Waals surface area contributed by atoms with Gasteiger partial charge in [0.1, 0.15) is 6.10 Å². The molecule has 0 bridgehead atoms. The third kappa shape index (κ3) is 1.91. The molecule has 1 saturated carbocycles. The molecular weight excluding hydrogens is 168 g/mol. The molecule has 2 rings (SSSR count). The lowest BCUT2D eigenvalue weighted by molar-refractivity contribution is -0.145. The van der Waals surface area contributed by atoms with Crippen molar-refractivity contribution in [3.8, 4) is 0 Å². The lowest BCUT2D eigenvalue weighted by Crippen LogP contribution is -2.24. The fourth-order valence-electron chi connectivity index (χ4n) is 1.73. The number of hydrogen-bond donors (Lipinski definition) is 0. The highest BCUT2D eigenvalue weighted by atomic mass is 16.6. The molecule has 3 unspecified atom stereocenters. The zero-order chi connectivity index (χ0) is 9.42. The minimum absolute atomic E-state index is 0.0490. The summed E-state index contributed by atoms with van der Waals surface area (Å²) in [6.07, 6.45) is 3.69. The number of epoxide rings is 1. The van der Waals surface area contributed by atoms with Crippen LogP contribution in [-0.4, -0.2) is 24.3 Å². The summed E-state index contributed by atoms with van der Waals surface area (Å²) < 4.78 is 10.6. The van der Waals surface area contributed by atoms with Gasteiger partial charge in [0.25, 0.3) is 0 Å². The Balaban J connectivity index is 1.81. The molecule has 2 fully saturated rings. The van der Waals surface area contributed by atoms with Crippen molar-refractivity contribution in [3.05, 3.63) is 12.2 Å². The molecular formula is C10H14O3. The van der Waals surface area contributed by atoms with Crippen molar-refractivity contribution in [2.75, 3.05) is 0 Å². The van der Waals surface area contributed by atoms with E-state index < -0.39 is 0 Å². The Morgan fingerprint density at radius 2 is 2.23 bits per heavy atom. The summed E-state index contributed by atoms with van der Waals surface area (Å²) in [4.78, 5) is 11.2. The van der Waals surface area contributed by atoms with Gasteiger partial charge in [0, 0.05) is 12.0 Å². The van der Waals surface area contributed by atoms with Gasteiger partial charge in [-0.3, -0.25) is 0 Å². The van der Waals surface area contributed by atoms with Gasteiger partial charge in [0.05, 0.1) is 12.2 Å². The third-order valence-corrected chi connectivity index (χ3v) is 2.58. The summed E-state index contributed by atoms with van der Waals surface area (Å²) in [5, 5.41) is 0. The maximum Gasteiger partial charge on any atom is 0.333 e. The van der Waals surface area contributed by atoms with Crippen molar-refractivity contribution in [3.63, 3.8) is 0 Å². The van der Waals surface area contributed by atoms with Crippen LogP contribution in [-0.2, 0) is 14.3 Å². The van der Waals surface area contributed by atoms with Crippen LogP contribution in [0, 0.1) is 0 Å². The number of carbonyl (C=O) groups is 1. The summed E-state index contributed by atoms with van der Waals surface area (Å²) >= 11 is 0. The lowest BCUT2D eigenvalue weighted by Gasteiger charge is -2.19. The Bertz CT molecular complexity index is 247. The molecule has 13 heavy (non-hydrogen) atoms. The number of rotatable bonds is 2. The molecule has 3 heteroatoms. The monoisotopic (exact) mass is 182 g/mol. The van der Waals surface area contributed by atoms with E-state index in [0.29, 0.717) is 17.8 Å². The second-order valence-electron chi connectivity index (χ2n) is 3.83. The number of hydrogen-bond acceptors (Lipinski definition) is 3. The molecule has 0 spiro atoms. The molecule has 0 amide bonds. The highest BCUT2D eigenvalue weighted by Crippen LogP contribution is 2.37. The Morgan fingerprint density at radius 1 is 1.46 bits per heavy atom. The minimum Gasteiger partial charge on any atom is -0.459 e. The molecule has 1 aliphatic carbocycles. The maximum atomic E-state index is 11.2. The van der Waals surface area contributed by atoms with Gasteiger partial charge in [-0.15, -0.1) is 0 Å². The number of fused-ring (bicyclic) bond motifs is 1. The van der Waals surface area contributed by atoms with Crippen LogP contribution in [0.5, 0.6) is 0 Å². The number of carbonyl (C=O) groups excluding carboxylic acids is 1. The van der Waals surface area contributed by atoms with E-state index in [1.807, 2.05) is 0 Å². The van der Waals surface area contributed by atoms with E-state index in [0.717, 1.165) is 19.3 Å². The van der Waals surface area contributed by atoms with Crippen molar-refractivity contribution >= 4 is 5.97 Å². The Morgan fingerprint density at radius 3 is 2.85 bits per heavy atom. The Hall–Kier alpha value is -0.830. The van der Waals surface area contributed by atoms with Gasteiger partial charge in [-0.05, 0) is 19.8 Å². The first-order valence-corrected chi connectivity index (χ1v) is 4.69. The van der Waals surface area contributed by atoms with Crippen LogP contribution in [0.15, 0.2) is 12.2 Å². The standard InChI is InChI=1S/C10H14O3/c1-6(2)10(11)12-7-3-4-8-9(5-7)13-8/h7-9H,1,3-5H2,2H3. The van der Waals surface area contributed by atoms with Gasteiger partial charge < -0.3 is 9.47 Å². The number of esters is 1. The molecule has 1 saturated heterocycles. The maximum absolute atomic E-state index is 11.2. The average Bonchev–Trinajstić information content (AvgIpc) is 2.81. The first-order chi connectivity index (χ1) is 6.16. The van der Waals surface area contributed by atoms with Crippen LogP contribution < -0.4 is 0 Å². The van der Waals surface area contributed by atoms with E-state index in [2.05, 4.69) is 6.58 Å². The van der Waals surface area contributed by atoms with Gasteiger partial charge in [0.15, 0.2) is 0 Å². The Kier molecular flexibility index (Phi) is 2.12. The molecule has 0 N–H and O–H groups in total. The lowest BCUT2D eigenvalue weighted by atomic mass is 9.98. The minimum atomic E-state index is -0.274. The van der Waals surface area contributed by atoms with Gasteiger partial charge in [-0.1, -0.05) is 6.58 Å². The molecule has 1 heterocycles. The van der Waals surface area contributed by atoms with E-state index in [4.69, 9.17) is 9.47 Å². The van der Waals surface area contributed by atoms with E-state index in [9.17, 15) is 4.79 Å². The highest BCUT2D eigenvalue weighted by Gasteiger charge is 2.44. The van der Waals surface area contributed by atoms with Gasteiger partial charge in [0.2, 0.25) is 0 Å². The number of ether oxygens (including phenoxy) is 2. The zero-order valence-corrected chi connectivity index (χ0v) is 7.79. The van der Waals surface area contributed by atoms with Crippen molar-refractivity contribution in [1.29, 1.82) is 0 Å². The molecule has 0 aromatic carbocycles. The van der Waals surface area contributed by atoms with Crippen molar-refractivity contribution in [2.45, 2.75) is 44.5 Å². The molecule has 3 nitrogen and oxygen atoms in total. The van der Waals surface area contributed by atoms with Crippen LogP contribution in [0.2, 0.25) is 0 Å². The summed E-state index contributed by atoms with van der Waals surface area (Å²) in [6, 6.07) is 0. The molecule has 1 aliphatic heterocycles. The van der Waals surface area contributed by atoms with Gasteiger partial charge in [-0.25, -0.2) is 4.79 Å². The molecule has 2 aliphatic rings. The Labute approximate surface area is 77.7 Å². The first-order valence-electron chi connectivity index (χ1n) is 4.69. The molecule has 0 aromatic heterocycles. The van der Waals surface area contributed by atoms with Gasteiger partial charge in [-0.2, -0.15) is 0 Å². The molecule has 0 radical (unpaired) electrons. The quantitative estimate of drug-likeness (QED) is 0.368. The van der Waals surface area contributed by atoms with Crippen molar-refractivity contribution in [2.24, 2.45) is 0 Å². The second kappa shape index (κ2) is 3.14. The van der Waals surface area contributed by atoms with Crippen LogP contribution in [0.25, 0.3) is 0 Å². The summed E-state index contributed by atoms with van der Waals surface area (Å²) in [7, 11) is 0. The zero-order valence-electron chi connectivity index (χ0n) is 7.79. The van der Waals surface area contributed by atoms with E-state index in [-0.39, 0.29) is 12.1 Å². The second-order valence-corrected chi connectivity index (χ2v) is 3.83. The third-order valence-electron chi connectivity index (χ3n) is 2.58. The van der Waals surface area contributed by atoms with Crippen LogP contribution in [0.4, 0.5) is 0 Å².